The van der Waals surface area contributed by atoms with Crippen molar-refractivity contribution >= 4 is 0 Å². The van der Waals surface area contributed by atoms with E-state index in [1.165, 1.54) is 0 Å². The van der Waals surface area contributed by atoms with E-state index in [0.717, 1.165) is 31.7 Å². The molecular formula is C7H12N2O. The molecule has 3 nitrogen and oxygen atoms in total. The molecule has 1 aromatic heterocycles. The molecule has 0 radical (unpaired) electrons. The second-order valence-electron chi connectivity index (χ2n) is 2.17. The maximum Gasteiger partial charge on any atom is 0.193 e. The number of nitrogens with zero attached hydrogens (tertiary/aromatic N) is 1. The predicted octanol–water partition coefficient (Wildman–Crippen LogP) is 0.956. The van der Waals surface area contributed by atoms with Crippen LogP contribution in [0.15, 0.2) is 16.9 Å². The van der Waals surface area contributed by atoms with Gasteiger partial charge in [-0.25, -0.2) is 4.98 Å². The first kappa shape index (κ1) is 7.28. The molecule has 1 rings (SSSR count). The fourth-order valence-corrected chi connectivity index (χ4v) is 0.797. The van der Waals surface area contributed by atoms with E-state index in [2.05, 4.69) is 4.98 Å². The number of oxazole rings is 1. The van der Waals surface area contributed by atoms with Crippen molar-refractivity contribution in [1.82, 2.24) is 4.98 Å². The summed E-state index contributed by atoms with van der Waals surface area (Å²) in [6.07, 6.45) is 6.28. The minimum absolute atomic E-state index is 0.751. The summed E-state index contributed by atoms with van der Waals surface area (Å²) in [5, 5.41) is 0. The Morgan fingerprint density at radius 1 is 1.50 bits per heavy atom. The summed E-state index contributed by atoms with van der Waals surface area (Å²) in [6.45, 7) is 0.751. The molecule has 0 aliphatic rings. The van der Waals surface area contributed by atoms with Crippen molar-refractivity contribution in [1.29, 1.82) is 0 Å². The standard InChI is InChI=1S/C7H12N2O/c8-4-2-1-3-7-9-5-6-10-7/h5-6H,1-4,8H2. The zero-order valence-electron chi connectivity index (χ0n) is 5.92. The van der Waals surface area contributed by atoms with Gasteiger partial charge in [0.1, 0.15) is 6.26 Å². The summed E-state index contributed by atoms with van der Waals surface area (Å²) in [7, 11) is 0. The highest BCUT2D eigenvalue weighted by molar-refractivity contribution is 4.79. The molecule has 0 saturated heterocycles. The van der Waals surface area contributed by atoms with Crippen LogP contribution in [0.25, 0.3) is 0 Å². The van der Waals surface area contributed by atoms with E-state index >= 15 is 0 Å². The first-order chi connectivity index (χ1) is 4.93. The molecule has 2 N–H and O–H groups in total. The van der Waals surface area contributed by atoms with Crippen molar-refractivity contribution in [2.24, 2.45) is 5.73 Å². The summed E-state index contributed by atoms with van der Waals surface area (Å²) in [5.74, 6) is 0.813. The summed E-state index contributed by atoms with van der Waals surface area (Å²) in [5.41, 5.74) is 5.32. The molecule has 0 amide bonds. The van der Waals surface area contributed by atoms with Gasteiger partial charge in [0.2, 0.25) is 0 Å². The lowest BCUT2D eigenvalue weighted by Crippen LogP contribution is -1.98. The average Bonchev–Trinajstić information content (AvgIpc) is 2.41. The number of nitrogens with two attached hydrogens (primary N) is 1. The smallest absolute Gasteiger partial charge is 0.193 e. The van der Waals surface area contributed by atoms with Crippen molar-refractivity contribution in [2.45, 2.75) is 19.3 Å². The number of hydrogen-bond acceptors (Lipinski definition) is 3. The molecule has 0 aliphatic heterocycles. The third-order valence-electron chi connectivity index (χ3n) is 1.33. The van der Waals surface area contributed by atoms with E-state index in [0.29, 0.717) is 0 Å². The largest absolute Gasteiger partial charge is 0.449 e. The molecule has 0 atom stereocenters. The quantitative estimate of drug-likeness (QED) is 0.633. The molecule has 3 heteroatoms. The van der Waals surface area contributed by atoms with Crippen LogP contribution in [0.3, 0.4) is 0 Å². The number of aromatic nitrogens is 1. The van der Waals surface area contributed by atoms with Crippen molar-refractivity contribution in [3.63, 3.8) is 0 Å². The van der Waals surface area contributed by atoms with E-state index in [1.807, 2.05) is 0 Å². The average molecular weight is 140 g/mol. The van der Waals surface area contributed by atoms with Gasteiger partial charge in [0.05, 0.1) is 6.20 Å². The highest BCUT2D eigenvalue weighted by Gasteiger charge is 1.94. The number of unbranched alkanes of at least 4 members (excludes halogenated alkanes) is 1. The van der Waals surface area contributed by atoms with Crippen LogP contribution >= 0.6 is 0 Å². The Morgan fingerprint density at radius 3 is 3.00 bits per heavy atom. The van der Waals surface area contributed by atoms with Crippen LogP contribution in [0, 0.1) is 0 Å². The molecule has 0 bridgehead atoms. The molecule has 0 unspecified atom stereocenters. The van der Waals surface area contributed by atoms with Gasteiger partial charge in [-0.3, -0.25) is 0 Å². The van der Waals surface area contributed by atoms with Crippen LogP contribution in [0.1, 0.15) is 18.7 Å². The third-order valence-corrected chi connectivity index (χ3v) is 1.33. The Kier molecular flexibility index (Phi) is 2.96. The summed E-state index contributed by atoms with van der Waals surface area (Å²) >= 11 is 0. The van der Waals surface area contributed by atoms with Gasteiger partial charge in [0, 0.05) is 6.42 Å². The Bertz CT molecular complexity index is 160. The highest BCUT2D eigenvalue weighted by Crippen LogP contribution is 2.00. The van der Waals surface area contributed by atoms with Crippen LogP contribution in [-0.2, 0) is 6.42 Å². The molecule has 1 heterocycles. The van der Waals surface area contributed by atoms with Crippen LogP contribution in [-0.4, -0.2) is 11.5 Å². The zero-order valence-corrected chi connectivity index (χ0v) is 5.92. The van der Waals surface area contributed by atoms with Crippen LogP contribution in [0.4, 0.5) is 0 Å². The Morgan fingerprint density at radius 2 is 2.40 bits per heavy atom. The Labute approximate surface area is 60.2 Å². The molecule has 10 heavy (non-hydrogen) atoms. The number of rotatable bonds is 4. The fourth-order valence-electron chi connectivity index (χ4n) is 0.797. The van der Waals surface area contributed by atoms with Crippen molar-refractivity contribution < 1.29 is 4.42 Å². The lowest BCUT2D eigenvalue weighted by Gasteiger charge is -1.92. The van der Waals surface area contributed by atoms with E-state index in [-0.39, 0.29) is 0 Å². The fraction of sp³-hybridized carbons (Fsp3) is 0.571. The second kappa shape index (κ2) is 4.06. The summed E-state index contributed by atoms with van der Waals surface area (Å²) < 4.78 is 5.03. The minimum atomic E-state index is 0.751. The van der Waals surface area contributed by atoms with Gasteiger partial charge < -0.3 is 10.2 Å². The number of aryl methyl sites for hydroxylation is 1. The minimum Gasteiger partial charge on any atom is -0.449 e. The molecule has 0 fully saturated rings. The van der Waals surface area contributed by atoms with E-state index in [4.69, 9.17) is 10.2 Å². The monoisotopic (exact) mass is 140 g/mol. The van der Waals surface area contributed by atoms with Gasteiger partial charge in [0.25, 0.3) is 0 Å². The summed E-state index contributed by atoms with van der Waals surface area (Å²) in [6, 6.07) is 0. The first-order valence-electron chi connectivity index (χ1n) is 3.52. The van der Waals surface area contributed by atoms with Crippen LogP contribution in [0.2, 0.25) is 0 Å². The highest BCUT2D eigenvalue weighted by atomic mass is 16.3. The molecular weight excluding hydrogens is 128 g/mol. The first-order valence-corrected chi connectivity index (χ1v) is 3.52. The number of hydrogen-bond donors (Lipinski definition) is 1. The third kappa shape index (κ3) is 2.19. The molecule has 0 saturated carbocycles. The normalized spacial score (nSPS) is 10.1. The van der Waals surface area contributed by atoms with Crippen molar-refractivity contribution in [3.05, 3.63) is 18.4 Å². The molecule has 0 aromatic carbocycles. The van der Waals surface area contributed by atoms with E-state index < -0.39 is 0 Å². The Balaban J connectivity index is 2.15. The lowest BCUT2D eigenvalue weighted by atomic mass is 10.2. The lowest BCUT2D eigenvalue weighted by molar-refractivity contribution is 0.484. The van der Waals surface area contributed by atoms with Crippen LogP contribution < -0.4 is 5.73 Å². The zero-order chi connectivity index (χ0) is 7.23. The van der Waals surface area contributed by atoms with Crippen LogP contribution in [0.5, 0.6) is 0 Å². The predicted molar refractivity (Wildman–Crippen MR) is 38.5 cm³/mol. The van der Waals surface area contributed by atoms with Gasteiger partial charge in [0.15, 0.2) is 5.89 Å². The SMILES string of the molecule is NCCCCc1ncco1. The van der Waals surface area contributed by atoms with Gasteiger partial charge >= 0.3 is 0 Å². The van der Waals surface area contributed by atoms with Gasteiger partial charge in [-0.1, -0.05) is 0 Å². The molecule has 0 spiro atoms. The van der Waals surface area contributed by atoms with Gasteiger partial charge in [-0.05, 0) is 19.4 Å². The topological polar surface area (TPSA) is 52.0 Å². The van der Waals surface area contributed by atoms with E-state index in [9.17, 15) is 0 Å². The molecule has 1 aromatic rings. The Hall–Kier alpha value is -0.830. The molecule has 56 valence electrons. The van der Waals surface area contributed by atoms with Crippen molar-refractivity contribution in [2.75, 3.05) is 6.54 Å². The maximum absolute atomic E-state index is 5.32. The van der Waals surface area contributed by atoms with Gasteiger partial charge in [-0.2, -0.15) is 0 Å². The van der Waals surface area contributed by atoms with Gasteiger partial charge in [-0.15, -0.1) is 0 Å². The van der Waals surface area contributed by atoms with E-state index in [1.54, 1.807) is 12.5 Å². The second-order valence-corrected chi connectivity index (χ2v) is 2.17. The summed E-state index contributed by atoms with van der Waals surface area (Å²) in [4.78, 5) is 3.98. The maximum atomic E-state index is 5.32. The molecule has 0 aliphatic carbocycles. The van der Waals surface area contributed by atoms with Crippen molar-refractivity contribution in [3.8, 4) is 0 Å².